The summed E-state index contributed by atoms with van der Waals surface area (Å²) in [6.45, 7) is 4.50. The first-order valence-electron chi connectivity index (χ1n) is 8.65. The van der Waals surface area contributed by atoms with Gasteiger partial charge in [0, 0.05) is 12.1 Å². The molecule has 3 unspecified atom stereocenters. The van der Waals surface area contributed by atoms with E-state index in [2.05, 4.69) is 19.2 Å². The van der Waals surface area contributed by atoms with Gasteiger partial charge in [-0.1, -0.05) is 38.8 Å². The lowest BCUT2D eigenvalue weighted by Crippen LogP contribution is -2.39. The number of benzene rings is 1. The minimum Gasteiger partial charge on any atom is -0.307 e. The van der Waals surface area contributed by atoms with E-state index in [1.54, 1.807) is 12.1 Å². The second-order valence-electron chi connectivity index (χ2n) is 7.40. The molecule has 0 bridgehead atoms. The Morgan fingerprint density at radius 2 is 1.71 bits per heavy atom. The molecule has 0 amide bonds. The number of halogens is 1. The van der Waals surface area contributed by atoms with Crippen LogP contribution in [0.15, 0.2) is 24.3 Å². The molecular weight excluding hydrogens is 261 g/mol. The highest BCUT2D eigenvalue weighted by atomic mass is 19.1. The third-order valence-electron chi connectivity index (χ3n) is 5.31. The molecule has 1 aromatic carbocycles. The monoisotopic (exact) mass is 289 g/mol. The average molecular weight is 289 g/mol. The minimum atomic E-state index is -0.146. The van der Waals surface area contributed by atoms with Crippen molar-refractivity contribution >= 4 is 0 Å². The maximum Gasteiger partial charge on any atom is 0.123 e. The standard InChI is InChI=1S/C19H28FN/c1-13(2)19(15-8-10-17(20)11-9-15)21-18-5-3-4-16(12-18)14-6-7-14/h8-11,13-14,16,18-19,21H,3-7,12H2,1-2H3. The highest BCUT2D eigenvalue weighted by Gasteiger charge is 2.35. The van der Waals surface area contributed by atoms with Gasteiger partial charge in [-0.3, -0.25) is 0 Å². The van der Waals surface area contributed by atoms with Crippen LogP contribution in [0.4, 0.5) is 4.39 Å². The van der Waals surface area contributed by atoms with Crippen molar-refractivity contribution in [3.8, 4) is 0 Å². The maximum absolute atomic E-state index is 13.1. The highest BCUT2D eigenvalue weighted by molar-refractivity contribution is 5.20. The molecule has 2 aliphatic rings. The molecule has 0 heterocycles. The Morgan fingerprint density at radius 3 is 2.33 bits per heavy atom. The minimum absolute atomic E-state index is 0.146. The molecule has 2 saturated carbocycles. The summed E-state index contributed by atoms with van der Waals surface area (Å²) in [5.41, 5.74) is 1.22. The van der Waals surface area contributed by atoms with Crippen molar-refractivity contribution in [1.29, 1.82) is 0 Å². The molecule has 2 aliphatic carbocycles. The van der Waals surface area contributed by atoms with Crippen LogP contribution in [0.2, 0.25) is 0 Å². The molecule has 1 nitrogen and oxygen atoms in total. The van der Waals surface area contributed by atoms with Crippen LogP contribution in [0.25, 0.3) is 0 Å². The molecule has 0 radical (unpaired) electrons. The Labute approximate surface area is 128 Å². The number of rotatable bonds is 5. The van der Waals surface area contributed by atoms with Gasteiger partial charge in [0.15, 0.2) is 0 Å². The Bertz CT molecular complexity index is 449. The molecule has 3 rings (SSSR count). The summed E-state index contributed by atoms with van der Waals surface area (Å²) in [5.74, 6) is 2.36. The Morgan fingerprint density at radius 1 is 1.00 bits per heavy atom. The van der Waals surface area contributed by atoms with Crippen molar-refractivity contribution in [2.24, 2.45) is 17.8 Å². The van der Waals surface area contributed by atoms with Crippen molar-refractivity contribution in [3.05, 3.63) is 35.6 Å². The van der Waals surface area contributed by atoms with Crippen LogP contribution in [-0.4, -0.2) is 6.04 Å². The third kappa shape index (κ3) is 3.85. The van der Waals surface area contributed by atoms with E-state index >= 15 is 0 Å². The van der Waals surface area contributed by atoms with Crippen LogP contribution in [0, 0.1) is 23.6 Å². The fraction of sp³-hybridized carbons (Fsp3) is 0.684. The smallest absolute Gasteiger partial charge is 0.123 e. The van der Waals surface area contributed by atoms with Crippen molar-refractivity contribution in [2.75, 3.05) is 0 Å². The van der Waals surface area contributed by atoms with Crippen molar-refractivity contribution < 1.29 is 4.39 Å². The Kier molecular flexibility index (Phi) is 4.63. The van der Waals surface area contributed by atoms with Gasteiger partial charge in [-0.05, 0) is 61.1 Å². The van der Waals surface area contributed by atoms with Crippen LogP contribution in [0.3, 0.4) is 0 Å². The van der Waals surface area contributed by atoms with E-state index < -0.39 is 0 Å². The van der Waals surface area contributed by atoms with Gasteiger partial charge >= 0.3 is 0 Å². The maximum atomic E-state index is 13.1. The zero-order valence-corrected chi connectivity index (χ0v) is 13.3. The Hall–Kier alpha value is -0.890. The van der Waals surface area contributed by atoms with E-state index in [4.69, 9.17) is 0 Å². The molecule has 116 valence electrons. The SMILES string of the molecule is CC(C)C(NC1CCCC(C2CC2)C1)c1ccc(F)cc1. The van der Waals surface area contributed by atoms with Gasteiger partial charge in [0.25, 0.3) is 0 Å². The highest BCUT2D eigenvalue weighted by Crippen LogP contribution is 2.44. The van der Waals surface area contributed by atoms with E-state index in [1.165, 1.54) is 44.1 Å². The summed E-state index contributed by atoms with van der Waals surface area (Å²) in [6.07, 6.45) is 8.37. The van der Waals surface area contributed by atoms with E-state index in [9.17, 15) is 4.39 Å². The fourth-order valence-electron chi connectivity index (χ4n) is 3.97. The van der Waals surface area contributed by atoms with E-state index in [0.717, 1.165) is 11.8 Å². The zero-order chi connectivity index (χ0) is 14.8. The normalized spacial score (nSPS) is 27.8. The molecule has 2 heteroatoms. The van der Waals surface area contributed by atoms with Gasteiger partial charge < -0.3 is 5.32 Å². The molecule has 0 spiro atoms. The molecule has 0 aromatic heterocycles. The predicted octanol–water partition coefficient (Wildman–Crippen LogP) is 5.08. The molecule has 1 N–H and O–H groups in total. The first-order valence-corrected chi connectivity index (χ1v) is 8.65. The quantitative estimate of drug-likeness (QED) is 0.797. The second-order valence-corrected chi connectivity index (χ2v) is 7.40. The molecular formula is C19H28FN. The summed E-state index contributed by atoms with van der Waals surface area (Å²) in [6, 6.07) is 8.03. The summed E-state index contributed by atoms with van der Waals surface area (Å²) in [4.78, 5) is 0. The molecule has 2 fully saturated rings. The third-order valence-corrected chi connectivity index (χ3v) is 5.31. The lowest BCUT2D eigenvalue weighted by Gasteiger charge is -2.34. The number of hydrogen-bond acceptors (Lipinski definition) is 1. The van der Waals surface area contributed by atoms with Gasteiger partial charge in [0.05, 0.1) is 0 Å². The number of nitrogens with one attached hydrogen (secondary N) is 1. The van der Waals surface area contributed by atoms with Gasteiger partial charge in [-0.25, -0.2) is 4.39 Å². The van der Waals surface area contributed by atoms with E-state index in [-0.39, 0.29) is 5.82 Å². The fourth-order valence-corrected chi connectivity index (χ4v) is 3.97. The lowest BCUT2D eigenvalue weighted by atomic mass is 9.81. The van der Waals surface area contributed by atoms with Crippen LogP contribution in [0.1, 0.15) is 64.0 Å². The molecule has 0 saturated heterocycles. The first kappa shape index (κ1) is 15.0. The summed E-state index contributed by atoms with van der Waals surface area (Å²) >= 11 is 0. The topological polar surface area (TPSA) is 12.0 Å². The molecule has 0 aliphatic heterocycles. The molecule has 3 atom stereocenters. The first-order chi connectivity index (χ1) is 10.1. The predicted molar refractivity (Wildman–Crippen MR) is 85.6 cm³/mol. The zero-order valence-electron chi connectivity index (χ0n) is 13.3. The van der Waals surface area contributed by atoms with Gasteiger partial charge in [0.1, 0.15) is 5.82 Å². The summed E-state index contributed by atoms with van der Waals surface area (Å²) in [5, 5.41) is 3.88. The second kappa shape index (κ2) is 6.48. The number of hydrogen-bond donors (Lipinski definition) is 1. The van der Waals surface area contributed by atoms with Gasteiger partial charge in [0.2, 0.25) is 0 Å². The summed E-state index contributed by atoms with van der Waals surface area (Å²) in [7, 11) is 0. The van der Waals surface area contributed by atoms with E-state index in [1.807, 2.05) is 12.1 Å². The van der Waals surface area contributed by atoms with Gasteiger partial charge in [-0.2, -0.15) is 0 Å². The largest absolute Gasteiger partial charge is 0.307 e. The van der Waals surface area contributed by atoms with Crippen molar-refractivity contribution in [1.82, 2.24) is 5.32 Å². The summed E-state index contributed by atoms with van der Waals surface area (Å²) < 4.78 is 13.1. The lowest BCUT2D eigenvalue weighted by molar-refractivity contribution is 0.231. The van der Waals surface area contributed by atoms with Crippen LogP contribution >= 0.6 is 0 Å². The molecule has 1 aromatic rings. The van der Waals surface area contributed by atoms with E-state index in [0.29, 0.717) is 18.0 Å². The van der Waals surface area contributed by atoms with Crippen molar-refractivity contribution in [3.63, 3.8) is 0 Å². The average Bonchev–Trinajstić information content (AvgIpc) is 3.31. The van der Waals surface area contributed by atoms with Crippen LogP contribution in [-0.2, 0) is 0 Å². The van der Waals surface area contributed by atoms with Crippen LogP contribution < -0.4 is 5.32 Å². The van der Waals surface area contributed by atoms with Crippen molar-refractivity contribution in [2.45, 2.75) is 64.5 Å². The molecule has 21 heavy (non-hydrogen) atoms. The Balaban J connectivity index is 1.65. The van der Waals surface area contributed by atoms with Crippen LogP contribution in [0.5, 0.6) is 0 Å². The van der Waals surface area contributed by atoms with Gasteiger partial charge in [-0.15, -0.1) is 0 Å².